The molecule has 0 spiro atoms. The number of benzene rings is 1. The highest BCUT2D eigenvalue weighted by Crippen LogP contribution is 2.31. The second-order valence-corrected chi connectivity index (χ2v) is 5.22. The zero-order valence-corrected chi connectivity index (χ0v) is 11.2. The van der Waals surface area contributed by atoms with Gasteiger partial charge in [-0.3, -0.25) is 0 Å². The van der Waals surface area contributed by atoms with Crippen molar-refractivity contribution in [1.82, 2.24) is 9.78 Å². The van der Waals surface area contributed by atoms with Crippen LogP contribution in [0.25, 0.3) is 5.69 Å². The molecule has 5 heteroatoms. The number of nitrogens with zero attached hydrogens (tertiary/aromatic N) is 2. The van der Waals surface area contributed by atoms with Crippen LogP contribution in [0.15, 0.2) is 30.3 Å². The molecule has 0 atom stereocenters. The van der Waals surface area contributed by atoms with Crippen molar-refractivity contribution in [3.63, 3.8) is 0 Å². The molecule has 0 aliphatic heterocycles. The van der Waals surface area contributed by atoms with E-state index in [1.54, 1.807) is 0 Å². The molecule has 0 radical (unpaired) electrons. The lowest BCUT2D eigenvalue weighted by atomic mass is 9.90. The molecule has 1 heterocycles. The highest BCUT2D eigenvalue weighted by Gasteiger charge is 2.34. The second kappa shape index (κ2) is 4.64. The number of halogens is 2. The summed E-state index contributed by atoms with van der Waals surface area (Å²) >= 11 is 0. The number of nitrogen functional groups attached to an aromatic ring is 1. The van der Waals surface area contributed by atoms with E-state index in [1.807, 2.05) is 31.2 Å². The molecule has 0 bridgehead atoms. The summed E-state index contributed by atoms with van der Waals surface area (Å²) in [5.41, 5.74) is 6.72. The Bertz CT molecular complexity index is 571. The topological polar surface area (TPSA) is 43.8 Å². The van der Waals surface area contributed by atoms with E-state index in [0.717, 1.165) is 11.3 Å². The molecule has 0 fully saturated rings. The first-order valence-corrected chi connectivity index (χ1v) is 6.03. The maximum atomic E-state index is 13.0. The van der Waals surface area contributed by atoms with Crippen molar-refractivity contribution in [1.29, 1.82) is 0 Å². The minimum atomic E-state index is -2.49. The lowest BCUT2D eigenvalue weighted by Gasteiger charge is -2.20. The number of hydrogen-bond donors (Lipinski definition) is 1. The monoisotopic (exact) mass is 265 g/mol. The van der Waals surface area contributed by atoms with Gasteiger partial charge in [-0.15, -0.1) is 0 Å². The summed E-state index contributed by atoms with van der Waals surface area (Å²) in [6.07, 6.45) is -2.49. The van der Waals surface area contributed by atoms with Crippen LogP contribution in [0.3, 0.4) is 0 Å². The quantitative estimate of drug-likeness (QED) is 0.925. The summed E-state index contributed by atoms with van der Waals surface area (Å²) in [5, 5.41) is 4.21. The Hall–Kier alpha value is -1.91. The highest BCUT2D eigenvalue weighted by molar-refractivity contribution is 5.44. The van der Waals surface area contributed by atoms with Gasteiger partial charge in [0.05, 0.1) is 16.8 Å². The van der Waals surface area contributed by atoms with Crippen LogP contribution in [0.2, 0.25) is 0 Å². The fourth-order valence-electron chi connectivity index (χ4n) is 1.71. The van der Waals surface area contributed by atoms with Crippen molar-refractivity contribution < 1.29 is 8.78 Å². The fourth-order valence-corrected chi connectivity index (χ4v) is 1.71. The molecule has 2 rings (SSSR count). The molecule has 0 saturated heterocycles. The highest BCUT2D eigenvalue weighted by atomic mass is 19.3. The number of alkyl halides is 2. The molecule has 0 aliphatic rings. The summed E-state index contributed by atoms with van der Waals surface area (Å²) in [5.74, 6) is 0.354. The molecular weight excluding hydrogens is 248 g/mol. The van der Waals surface area contributed by atoms with E-state index in [0.29, 0.717) is 11.5 Å². The first-order chi connectivity index (χ1) is 8.82. The van der Waals surface area contributed by atoms with Crippen LogP contribution < -0.4 is 5.73 Å². The third-order valence-electron chi connectivity index (χ3n) is 3.22. The lowest BCUT2D eigenvalue weighted by molar-refractivity contribution is 0.0669. The Labute approximate surface area is 111 Å². The lowest BCUT2D eigenvalue weighted by Crippen LogP contribution is -2.27. The van der Waals surface area contributed by atoms with Gasteiger partial charge in [0.1, 0.15) is 5.82 Å². The largest absolute Gasteiger partial charge is 0.384 e. The van der Waals surface area contributed by atoms with E-state index in [1.165, 1.54) is 24.6 Å². The van der Waals surface area contributed by atoms with E-state index >= 15 is 0 Å². The van der Waals surface area contributed by atoms with Gasteiger partial charge in [0, 0.05) is 6.07 Å². The molecular formula is C14H17F2N3. The van der Waals surface area contributed by atoms with Gasteiger partial charge in [0.2, 0.25) is 6.43 Å². The number of nitrogens with two attached hydrogens (primary N) is 1. The van der Waals surface area contributed by atoms with Crippen LogP contribution in [0.4, 0.5) is 14.6 Å². The van der Waals surface area contributed by atoms with Gasteiger partial charge < -0.3 is 5.73 Å². The molecule has 2 N–H and O–H groups in total. The summed E-state index contributed by atoms with van der Waals surface area (Å²) < 4.78 is 27.5. The SMILES string of the molecule is Cc1ccc(-n2nc(C(C)(C)C(F)F)cc2N)cc1. The fraction of sp³-hybridized carbons (Fsp3) is 0.357. The van der Waals surface area contributed by atoms with Gasteiger partial charge in [0.15, 0.2) is 0 Å². The molecule has 0 unspecified atom stereocenters. The maximum Gasteiger partial charge on any atom is 0.249 e. The number of rotatable bonds is 3. The second-order valence-electron chi connectivity index (χ2n) is 5.22. The molecule has 0 aliphatic carbocycles. The molecule has 3 nitrogen and oxygen atoms in total. The van der Waals surface area contributed by atoms with Crippen LogP contribution in [-0.2, 0) is 5.41 Å². The van der Waals surface area contributed by atoms with Crippen molar-refractivity contribution >= 4 is 5.82 Å². The third kappa shape index (κ3) is 2.45. The van der Waals surface area contributed by atoms with E-state index in [9.17, 15) is 8.78 Å². The normalized spacial score (nSPS) is 12.1. The zero-order chi connectivity index (χ0) is 14.2. The van der Waals surface area contributed by atoms with Gasteiger partial charge >= 0.3 is 0 Å². The minimum absolute atomic E-state index is 0.292. The summed E-state index contributed by atoms with van der Waals surface area (Å²) in [6.45, 7) is 4.89. The smallest absolute Gasteiger partial charge is 0.249 e. The standard InChI is InChI=1S/C14H17F2N3/c1-9-4-6-10(7-5-9)19-12(17)8-11(18-19)14(2,3)13(15)16/h4-8,13H,17H2,1-3H3. The average Bonchev–Trinajstić information content (AvgIpc) is 2.73. The van der Waals surface area contributed by atoms with Crippen LogP contribution >= 0.6 is 0 Å². The predicted octanol–water partition coefficient (Wildman–Crippen LogP) is 3.31. The van der Waals surface area contributed by atoms with Gasteiger partial charge in [-0.05, 0) is 32.9 Å². The molecule has 102 valence electrons. The van der Waals surface area contributed by atoms with Crippen molar-refractivity contribution in [3.8, 4) is 5.69 Å². The average molecular weight is 265 g/mol. The molecule has 0 saturated carbocycles. The zero-order valence-electron chi connectivity index (χ0n) is 11.2. The van der Waals surface area contributed by atoms with E-state index in [-0.39, 0.29) is 0 Å². The molecule has 1 aromatic heterocycles. The number of aryl methyl sites for hydroxylation is 1. The van der Waals surface area contributed by atoms with Gasteiger partial charge in [-0.25, -0.2) is 13.5 Å². The van der Waals surface area contributed by atoms with Gasteiger partial charge in [-0.2, -0.15) is 5.10 Å². The molecule has 19 heavy (non-hydrogen) atoms. The van der Waals surface area contributed by atoms with Gasteiger partial charge in [-0.1, -0.05) is 17.7 Å². The minimum Gasteiger partial charge on any atom is -0.384 e. The third-order valence-corrected chi connectivity index (χ3v) is 3.22. The molecule has 2 aromatic rings. The Morgan fingerprint density at radius 2 is 1.79 bits per heavy atom. The number of anilines is 1. The Balaban J connectivity index is 2.45. The maximum absolute atomic E-state index is 13.0. The Kier molecular flexibility index (Phi) is 3.30. The van der Waals surface area contributed by atoms with Crippen LogP contribution in [0, 0.1) is 6.92 Å². The summed E-state index contributed by atoms with van der Waals surface area (Å²) in [4.78, 5) is 0. The van der Waals surface area contributed by atoms with Crippen LogP contribution in [0.5, 0.6) is 0 Å². The van der Waals surface area contributed by atoms with Gasteiger partial charge in [0.25, 0.3) is 0 Å². The molecule has 0 amide bonds. The Morgan fingerprint density at radius 1 is 1.21 bits per heavy atom. The van der Waals surface area contributed by atoms with Crippen LogP contribution in [-0.4, -0.2) is 16.2 Å². The molecule has 1 aromatic carbocycles. The number of aromatic nitrogens is 2. The van der Waals surface area contributed by atoms with E-state index in [2.05, 4.69) is 5.10 Å². The number of hydrogen-bond acceptors (Lipinski definition) is 2. The van der Waals surface area contributed by atoms with E-state index < -0.39 is 11.8 Å². The van der Waals surface area contributed by atoms with Crippen LogP contribution in [0.1, 0.15) is 25.1 Å². The first kappa shape index (κ1) is 13.5. The van der Waals surface area contributed by atoms with E-state index in [4.69, 9.17) is 5.73 Å². The Morgan fingerprint density at radius 3 is 2.32 bits per heavy atom. The first-order valence-electron chi connectivity index (χ1n) is 6.03. The van der Waals surface area contributed by atoms with Crippen molar-refractivity contribution in [2.45, 2.75) is 32.6 Å². The summed E-state index contributed by atoms with van der Waals surface area (Å²) in [6, 6.07) is 9.07. The van der Waals surface area contributed by atoms with Crippen molar-refractivity contribution in [2.75, 3.05) is 5.73 Å². The predicted molar refractivity (Wildman–Crippen MR) is 71.7 cm³/mol. The summed E-state index contributed by atoms with van der Waals surface area (Å²) in [7, 11) is 0. The van der Waals surface area contributed by atoms with Crippen molar-refractivity contribution in [3.05, 3.63) is 41.6 Å². The van der Waals surface area contributed by atoms with Crippen molar-refractivity contribution in [2.24, 2.45) is 0 Å².